The maximum absolute atomic E-state index is 14.5. The average molecular weight is 729 g/mol. The third kappa shape index (κ3) is 11.1. The molecule has 2 fully saturated rings. The van der Waals surface area contributed by atoms with E-state index < -0.39 is 57.8 Å². The maximum Gasteiger partial charge on any atom is 0.414 e. The summed E-state index contributed by atoms with van der Waals surface area (Å²) in [6.45, 7) is 11.3. The number of carbonyl (C=O) groups excluding carboxylic acids is 2. The van der Waals surface area contributed by atoms with Crippen molar-refractivity contribution in [1.29, 1.82) is 5.26 Å². The Labute approximate surface area is 301 Å². The number of alkyl carbamates (subject to hydrolysis) is 1. The highest BCUT2D eigenvalue weighted by Gasteiger charge is 2.44. The maximum atomic E-state index is 14.5. The lowest BCUT2D eigenvalue weighted by atomic mass is 9.88. The van der Waals surface area contributed by atoms with Crippen LogP contribution < -0.4 is 10.2 Å². The highest BCUT2D eigenvalue weighted by molar-refractivity contribution is 7.89. The smallest absolute Gasteiger partial charge is 0.414 e. The molecule has 2 heterocycles. The normalized spacial score (nSPS) is 20.3. The third-order valence-electron chi connectivity index (χ3n) is 8.92. The van der Waals surface area contributed by atoms with Crippen molar-refractivity contribution in [2.75, 3.05) is 37.7 Å². The largest absolute Gasteiger partial charge is 0.443 e. The van der Waals surface area contributed by atoms with E-state index in [2.05, 4.69) is 11.4 Å². The van der Waals surface area contributed by atoms with E-state index in [1.54, 1.807) is 39.8 Å². The Morgan fingerprint density at radius 2 is 1.82 bits per heavy atom. The van der Waals surface area contributed by atoms with Gasteiger partial charge < -0.3 is 29.4 Å². The van der Waals surface area contributed by atoms with Gasteiger partial charge in [0.15, 0.2) is 6.29 Å². The molecule has 2 amide bonds. The Bertz CT molecular complexity index is 1620. The summed E-state index contributed by atoms with van der Waals surface area (Å²) in [5.74, 6) is -0.0840. The van der Waals surface area contributed by atoms with Crippen molar-refractivity contribution in [2.45, 2.75) is 102 Å². The van der Waals surface area contributed by atoms with Crippen LogP contribution in [0.2, 0.25) is 0 Å². The number of rotatable bonds is 15. The van der Waals surface area contributed by atoms with Crippen molar-refractivity contribution in [3.63, 3.8) is 0 Å². The molecule has 0 aliphatic carbocycles. The second kappa shape index (κ2) is 17.2. The van der Waals surface area contributed by atoms with E-state index in [1.165, 1.54) is 21.3 Å². The van der Waals surface area contributed by atoms with Gasteiger partial charge in [0.2, 0.25) is 10.0 Å². The fourth-order valence-corrected chi connectivity index (χ4v) is 7.94. The van der Waals surface area contributed by atoms with Crippen molar-refractivity contribution in [3.05, 3.63) is 60.2 Å². The monoisotopic (exact) mass is 728 g/mol. The number of ether oxygens (including phenoxy) is 4. The van der Waals surface area contributed by atoms with Gasteiger partial charge in [-0.05, 0) is 76.1 Å². The molecule has 2 aliphatic rings. The van der Waals surface area contributed by atoms with Gasteiger partial charge in [0.1, 0.15) is 11.7 Å². The van der Waals surface area contributed by atoms with Crippen molar-refractivity contribution in [1.82, 2.24) is 9.62 Å². The van der Waals surface area contributed by atoms with Gasteiger partial charge in [-0.3, -0.25) is 4.90 Å². The highest BCUT2D eigenvalue weighted by Crippen LogP contribution is 2.33. The number of hydrogen-bond donors (Lipinski definition) is 2. The summed E-state index contributed by atoms with van der Waals surface area (Å²) < 4.78 is 52.6. The van der Waals surface area contributed by atoms with Crippen LogP contribution in [0.4, 0.5) is 15.3 Å². The quantitative estimate of drug-likeness (QED) is 0.248. The van der Waals surface area contributed by atoms with Gasteiger partial charge in [0.05, 0.1) is 42.2 Å². The number of sulfonamides is 1. The minimum Gasteiger partial charge on any atom is -0.443 e. The first kappa shape index (κ1) is 40.0. The molecular weight excluding hydrogens is 676 g/mol. The second-order valence-corrected chi connectivity index (χ2v) is 16.8. The predicted octanol–water partition coefficient (Wildman–Crippen LogP) is 5.23. The van der Waals surface area contributed by atoms with E-state index in [1.807, 2.05) is 44.2 Å². The Hall–Kier alpha value is -3.74. The summed E-state index contributed by atoms with van der Waals surface area (Å²) in [6, 6.07) is 16.4. The van der Waals surface area contributed by atoms with E-state index in [9.17, 15) is 28.4 Å². The van der Waals surface area contributed by atoms with Crippen molar-refractivity contribution in [3.8, 4) is 6.07 Å². The molecule has 14 heteroatoms. The summed E-state index contributed by atoms with van der Waals surface area (Å²) in [5, 5.41) is 23.9. The fraction of sp³-hybridized carbons (Fsp3) is 0.595. The number of amides is 2. The number of benzene rings is 2. The van der Waals surface area contributed by atoms with Gasteiger partial charge in [0, 0.05) is 31.7 Å². The lowest BCUT2D eigenvalue weighted by Gasteiger charge is -2.35. The number of nitriles is 1. The van der Waals surface area contributed by atoms with Crippen LogP contribution in [0.1, 0.15) is 66.4 Å². The molecule has 280 valence electrons. The topological polar surface area (TPSA) is 168 Å². The summed E-state index contributed by atoms with van der Waals surface area (Å²) >= 11 is 0. The Morgan fingerprint density at radius 3 is 2.49 bits per heavy atom. The van der Waals surface area contributed by atoms with Crippen LogP contribution in [-0.4, -0.2) is 93.0 Å². The molecule has 4 rings (SSSR count). The molecule has 5 atom stereocenters. The minimum atomic E-state index is -4.31. The van der Waals surface area contributed by atoms with E-state index in [0.717, 1.165) is 5.56 Å². The van der Waals surface area contributed by atoms with Crippen molar-refractivity contribution >= 4 is 27.9 Å². The molecule has 0 spiro atoms. The Balaban J connectivity index is 1.63. The number of aliphatic hydroxyl groups is 1. The van der Waals surface area contributed by atoms with E-state index in [-0.39, 0.29) is 49.9 Å². The van der Waals surface area contributed by atoms with Crippen molar-refractivity contribution < 1.29 is 42.1 Å². The van der Waals surface area contributed by atoms with Gasteiger partial charge in [-0.1, -0.05) is 50.2 Å². The number of carbonyl (C=O) groups is 2. The molecular formula is C37H52N4O9S. The van der Waals surface area contributed by atoms with Crippen LogP contribution in [0.15, 0.2) is 59.5 Å². The first-order chi connectivity index (χ1) is 24.0. The van der Waals surface area contributed by atoms with Crippen LogP contribution in [-0.2, 0) is 35.4 Å². The third-order valence-corrected chi connectivity index (χ3v) is 10.7. The predicted molar refractivity (Wildman–Crippen MR) is 190 cm³/mol. The molecule has 13 nitrogen and oxygen atoms in total. The molecule has 0 bridgehead atoms. The Morgan fingerprint density at radius 1 is 1.10 bits per heavy atom. The van der Waals surface area contributed by atoms with Gasteiger partial charge in [-0.2, -0.15) is 9.57 Å². The zero-order valence-electron chi connectivity index (χ0n) is 30.4. The summed E-state index contributed by atoms with van der Waals surface area (Å²) in [7, 11) is -4.31. The SMILES string of the molecule is CCN(C(=O)OC(C)(C)C)c1cccc(S(=O)(=O)N(C[C@@H](O)C(Cc2ccccc2)NC(=O)O[C@H]2CO[C@H]3OCC[C@H]32)CC(C)(C)CCC#N)c1. The van der Waals surface area contributed by atoms with Crippen LogP contribution in [0, 0.1) is 22.7 Å². The van der Waals surface area contributed by atoms with Gasteiger partial charge >= 0.3 is 12.2 Å². The van der Waals surface area contributed by atoms with Crippen molar-refractivity contribution in [2.24, 2.45) is 11.3 Å². The Kier molecular flexibility index (Phi) is 13.5. The lowest BCUT2D eigenvalue weighted by molar-refractivity contribution is -0.0907. The fourth-order valence-electron chi connectivity index (χ4n) is 6.25. The molecule has 51 heavy (non-hydrogen) atoms. The number of aliphatic hydroxyl groups excluding tert-OH is 1. The zero-order chi connectivity index (χ0) is 37.4. The first-order valence-electron chi connectivity index (χ1n) is 17.4. The van der Waals surface area contributed by atoms with Gasteiger partial charge in [-0.25, -0.2) is 18.0 Å². The molecule has 2 N–H and O–H groups in total. The van der Waals surface area contributed by atoms with E-state index in [0.29, 0.717) is 25.1 Å². The molecule has 1 unspecified atom stereocenters. The number of nitrogens with zero attached hydrogens (tertiary/aromatic N) is 3. The molecule has 2 saturated heterocycles. The molecule has 0 aromatic heterocycles. The van der Waals surface area contributed by atoms with E-state index in [4.69, 9.17) is 18.9 Å². The van der Waals surface area contributed by atoms with Crippen LogP contribution >= 0.6 is 0 Å². The average Bonchev–Trinajstić information content (AvgIpc) is 3.68. The molecule has 0 saturated carbocycles. The zero-order valence-corrected chi connectivity index (χ0v) is 31.2. The summed E-state index contributed by atoms with van der Waals surface area (Å²) in [6.07, 6.45) is -2.18. The van der Waals surface area contributed by atoms with Gasteiger partial charge in [-0.15, -0.1) is 0 Å². The number of hydrogen-bond acceptors (Lipinski definition) is 10. The number of anilines is 1. The highest BCUT2D eigenvalue weighted by atomic mass is 32.2. The van der Waals surface area contributed by atoms with Gasteiger partial charge in [0.25, 0.3) is 0 Å². The molecule has 0 radical (unpaired) electrons. The molecule has 2 aliphatic heterocycles. The molecule has 2 aromatic carbocycles. The second-order valence-electron chi connectivity index (χ2n) is 14.8. The minimum absolute atomic E-state index is 0.0349. The first-order valence-corrected chi connectivity index (χ1v) is 18.9. The summed E-state index contributed by atoms with van der Waals surface area (Å²) in [5.41, 5.74) is -0.274. The summed E-state index contributed by atoms with van der Waals surface area (Å²) in [4.78, 5) is 27.5. The molecule has 2 aromatic rings. The standard InChI is InChI=1S/C37H52N4O9S/c1-7-41(35(44)50-36(2,3)4)27-15-11-16-28(22-27)51(45,46)40(25-37(5,6)18-12-19-38)23-31(42)30(21-26-13-9-8-10-14-26)39-34(43)49-32-24-48-33-29(32)17-20-47-33/h8-11,13-16,22,29-33,42H,7,12,17-18,20-21,23-25H2,1-6H3,(H,39,43)/t29-,30?,31+,32-,33+/m0/s1. The van der Waals surface area contributed by atoms with Crippen LogP contribution in [0.3, 0.4) is 0 Å². The number of fused-ring (bicyclic) bond motifs is 1. The van der Waals surface area contributed by atoms with E-state index >= 15 is 0 Å². The lowest BCUT2D eigenvalue weighted by Crippen LogP contribution is -2.52. The van der Waals surface area contributed by atoms with Crippen LogP contribution in [0.5, 0.6) is 0 Å². The van der Waals surface area contributed by atoms with Crippen LogP contribution in [0.25, 0.3) is 0 Å². The number of nitrogens with one attached hydrogen (secondary N) is 1.